The lowest BCUT2D eigenvalue weighted by molar-refractivity contribution is -0.131. The van der Waals surface area contributed by atoms with Gasteiger partial charge in [-0.1, -0.05) is 6.08 Å². The predicted molar refractivity (Wildman–Crippen MR) is 91.9 cm³/mol. The maximum absolute atomic E-state index is 12.6. The van der Waals surface area contributed by atoms with E-state index in [-0.39, 0.29) is 17.6 Å². The van der Waals surface area contributed by atoms with Gasteiger partial charge in [0.1, 0.15) is 5.65 Å². The van der Waals surface area contributed by atoms with Crippen LogP contribution in [0, 0.1) is 0 Å². The number of hydrogen-bond acceptors (Lipinski definition) is 3. The summed E-state index contributed by atoms with van der Waals surface area (Å²) in [4.78, 5) is 36.9. The SMILES string of the molecule is C=CCC(=O)N1CCC[C@@H](n2c(=O)[nH]c3cnc4[nH]ccc4c32)C1. The monoisotopic (exact) mass is 325 g/mol. The molecule has 0 unspecified atom stereocenters. The molecular formula is C17H19N5O2. The molecule has 0 saturated carbocycles. The number of likely N-dealkylation sites (tertiary alicyclic amines) is 1. The first kappa shape index (κ1) is 14.7. The van der Waals surface area contributed by atoms with Crippen LogP contribution in [0.25, 0.3) is 22.1 Å². The van der Waals surface area contributed by atoms with Crippen LogP contribution in [-0.2, 0) is 4.79 Å². The van der Waals surface area contributed by atoms with Crippen LogP contribution in [0.15, 0.2) is 35.9 Å². The van der Waals surface area contributed by atoms with Gasteiger partial charge in [0.25, 0.3) is 0 Å². The maximum Gasteiger partial charge on any atom is 0.326 e. The number of hydrogen-bond donors (Lipinski definition) is 2. The Bertz CT molecular complexity index is 980. The van der Waals surface area contributed by atoms with E-state index >= 15 is 0 Å². The minimum atomic E-state index is -0.150. The van der Waals surface area contributed by atoms with Crippen LogP contribution < -0.4 is 5.69 Å². The third kappa shape index (κ3) is 2.24. The van der Waals surface area contributed by atoms with Crippen LogP contribution in [-0.4, -0.2) is 43.4 Å². The molecule has 2 N–H and O–H groups in total. The van der Waals surface area contributed by atoms with Crippen molar-refractivity contribution in [1.82, 2.24) is 24.4 Å². The molecule has 24 heavy (non-hydrogen) atoms. The molecule has 7 nitrogen and oxygen atoms in total. The van der Waals surface area contributed by atoms with Gasteiger partial charge in [-0.25, -0.2) is 9.78 Å². The van der Waals surface area contributed by atoms with Crippen molar-refractivity contribution in [2.45, 2.75) is 25.3 Å². The molecule has 0 aromatic carbocycles. The first-order chi connectivity index (χ1) is 11.7. The zero-order valence-electron chi connectivity index (χ0n) is 13.3. The van der Waals surface area contributed by atoms with Crippen molar-refractivity contribution in [2.75, 3.05) is 13.1 Å². The van der Waals surface area contributed by atoms with E-state index in [9.17, 15) is 9.59 Å². The Kier molecular flexibility index (Phi) is 3.48. The summed E-state index contributed by atoms with van der Waals surface area (Å²) in [6.45, 7) is 4.92. The van der Waals surface area contributed by atoms with Gasteiger partial charge in [-0.3, -0.25) is 9.36 Å². The Labute approximate surface area is 138 Å². The highest BCUT2D eigenvalue weighted by molar-refractivity contribution is 6.00. The second-order valence-corrected chi connectivity index (χ2v) is 6.19. The van der Waals surface area contributed by atoms with Crippen molar-refractivity contribution in [3.8, 4) is 0 Å². The summed E-state index contributed by atoms with van der Waals surface area (Å²) in [5.41, 5.74) is 2.19. The summed E-state index contributed by atoms with van der Waals surface area (Å²) in [5.74, 6) is 0.0658. The molecule has 7 heteroatoms. The van der Waals surface area contributed by atoms with E-state index in [0.717, 1.165) is 41.5 Å². The zero-order chi connectivity index (χ0) is 16.7. The average molecular weight is 325 g/mol. The minimum Gasteiger partial charge on any atom is -0.346 e. The van der Waals surface area contributed by atoms with Gasteiger partial charge in [-0.05, 0) is 18.9 Å². The fourth-order valence-corrected chi connectivity index (χ4v) is 3.61. The Morgan fingerprint density at radius 2 is 2.38 bits per heavy atom. The van der Waals surface area contributed by atoms with E-state index in [4.69, 9.17) is 0 Å². The summed E-state index contributed by atoms with van der Waals surface area (Å²) in [6.07, 6.45) is 7.21. The van der Waals surface area contributed by atoms with Gasteiger partial charge in [0, 0.05) is 31.1 Å². The lowest BCUT2D eigenvalue weighted by Gasteiger charge is -2.33. The number of nitrogens with zero attached hydrogens (tertiary/aromatic N) is 3. The maximum atomic E-state index is 12.6. The number of pyridine rings is 1. The largest absolute Gasteiger partial charge is 0.346 e. The van der Waals surface area contributed by atoms with Crippen molar-refractivity contribution >= 4 is 28.0 Å². The van der Waals surface area contributed by atoms with Crippen molar-refractivity contribution in [3.05, 3.63) is 41.6 Å². The predicted octanol–water partition coefficient (Wildman–Crippen LogP) is 1.95. The highest BCUT2D eigenvalue weighted by atomic mass is 16.2. The number of piperidine rings is 1. The Hall–Kier alpha value is -2.83. The van der Waals surface area contributed by atoms with Crippen LogP contribution in [0.4, 0.5) is 0 Å². The molecule has 1 aliphatic rings. The molecule has 1 saturated heterocycles. The topological polar surface area (TPSA) is 86.8 Å². The fourth-order valence-electron chi connectivity index (χ4n) is 3.61. The normalized spacial score (nSPS) is 18.3. The molecule has 4 heterocycles. The zero-order valence-corrected chi connectivity index (χ0v) is 13.3. The molecule has 0 aliphatic carbocycles. The van der Waals surface area contributed by atoms with Gasteiger partial charge in [0.2, 0.25) is 5.91 Å². The highest BCUT2D eigenvalue weighted by Gasteiger charge is 2.27. The van der Waals surface area contributed by atoms with Crippen LogP contribution in [0.3, 0.4) is 0 Å². The Morgan fingerprint density at radius 1 is 1.50 bits per heavy atom. The molecule has 0 spiro atoms. The average Bonchev–Trinajstić information content (AvgIpc) is 3.18. The summed E-state index contributed by atoms with van der Waals surface area (Å²) < 4.78 is 1.79. The van der Waals surface area contributed by atoms with E-state index < -0.39 is 0 Å². The Morgan fingerprint density at radius 3 is 3.21 bits per heavy atom. The highest BCUT2D eigenvalue weighted by Crippen LogP contribution is 2.27. The second kappa shape index (κ2) is 5.67. The van der Waals surface area contributed by atoms with Crippen molar-refractivity contribution in [2.24, 2.45) is 0 Å². The minimum absolute atomic E-state index is 0.0331. The number of aromatic amines is 2. The van der Waals surface area contributed by atoms with Gasteiger partial charge >= 0.3 is 5.69 Å². The van der Waals surface area contributed by atoms with Crippen molar-refractivity contribution in [1.29, 1.82) is 0 Å². The summed E-state index contributed by atoms with van der Waals surface area (Å²) in [5, 5.41) is 0.917. The quantitative estimate of drug-likeness (QED) is 0.722. The molecule has 124 valence electrons. The van der Waals surface area contributed by atoms with Gasteiger partial charge in [0.15, 0.2) is 0 Å². The van der Waals surface area contributed by atoms with E-state index in [1.54, 1.807) is 16.8 Å². The van der Waals surface area contributed by atoms with Crippen molar-refractivity contribution < 1.29 is 4.79 Å². The van der Waals surface area contributed by atoms with Crippen LogP contribution in [0.1, 0.15) is 25.3 Å². The fraction of sp³-hybridized carbons (Fsp3) is 0.353. The summed E-state index contributed by atoms with van der Waals surface area (Å²) in [7, 11) is 0. The molecular weight excluding hydrogens is 306 g/mol. The van der Waals surface area contributed by atoms with E-state index in [1.165, 1.54) is 0 Å². The van der Waals surface area contributed by atoms with Gasteiger partial charge in [-0.2, -0.15) is 0 Å². The molecule has 1 amide bonds. The van der Waals surface area contributed by atoms with E-state index in [2.05, 4.69) is 21.5 Å². The third-order valence-corrected chi connectivity index (χ3v) is 4.69. The summed E-state index contributed by atoms with van der Waals surface area (Å²) in [6, 6.07) is 1.90. The lowest BCUT2D eigenvalue weighted by atomic mass is 10.0. The lowest BCUT2D eigenvalue weighted by Crippen LogP contribution is -2.42. The van der Waals surface area contributed by atoms with Crippen LogP contribution >= 0.6 is 0 Å². The molecule has 4 rings (SSSR count). The van der Waals surface area contributed by atoms with Crippen molar-refractivity contribution in [3.63, 3.8) is 0 Å². The van der Waals surface area contributed by atoms with Gasteiger partial charge < -0.3 is 14.9 Å². The van der Waals surface area contributed by atoms with Gasteiger partial charge in [0.05, 0.1) is 23.3 Å². The smallest absolute Gasteiger partial charge is 0.326 e. The number of carbonyl (C=O) groups is 1. The van der Waals surface area contributed by atoms with Crippen LogP contribution in [0.2, 0.25) is 0 Å². The van der Waals surface area contributed by atoms with E-state index in [1.807, 2.05) is 17.2 Å². The Balaban J connectivity index is 1.79. The molecule has 1 atom stereocenters. The number of imidazole rings is 1. The number of nitrogens with one attached hydrogen (secondary N) is 2. The summed E-state index contributed by atoms with van der Waals surface area (Å²) >= 11 is 0. The first-order valence-electron chi connectivity index (χ1n) is 8.14. The van der Waals surface area contributed by atoms with Crippen LogP contribution in [0.5, 0.6) is 0 Å². The standard InChI is InChI=1S/C17H19N5O2/c1-2-4-14(23)21-8-3-5-11(10-21)22-15-12-6-7-18-16(12)19-9-13(15)20-17(22)24/h2,6-7,9,11H,1,3-5,8,10H2,(H,18,19)(H,20,24)/t11-/m1/s1. The number of fused-ring (bicyclic) bond motifs is 3. The molecule has 3 aromatic heterocycles. The number of rotatable bonds is 3. The number of carbonyl (C=O) groups excluding carboxylic acids is 1. The molecule has 0 bridgehead atoms. The molecule has 3 aromatic rings. The number of amides is 1. The van der Waals surface area contributed by atoms with Gasteiger partial charge in [-0.15, -0.1) is 6.58 Å². The van der Waals surface area contributed by atoms with E-state index in [0.29, 0.717) is 13.0 Å². The third-order valence-electron chi connectivity index (χ3n) is 4.69. The first-order valence-corrected chi connectivity index (χ1v) is 8.14. The molecule has 1 aliphatic heterocycles. The number of aromatic nitrogens is 4. The second-order valence-electron chi connectivity index (χ2n) is 6.19. The number of H-pyrrole nitrogens is 2. The molecule has 0 radical (unpaired) electrons. The molecule has 1 fully saturated rings.